The largest absolute Gasteiger partial charge is 0.493 e. The minimum Gasteiger partial charge on any atom is -0.493 e. The summed E-state index contributed by atoms with van der Waals surface area (Å²) in [5.41, 5.74) is 1.78. The number of Topliss-reactive ketones (excluding diaryl/α,β-unsaturated/α-hetero) is 1. The van der Waals surface area contributed by atoms with Gasteiger partial charge in [-0.1, -0.05) is 56.6 Å². The molecule has 0 spiro atoms. The van der Waals surface area contributed by atoms with Gasteiger partial charge in [0.2, 0.25) is 0 Å². The molecule has 0 fully saturated rings. The summed E-state index contributed by atoms with van der Waals surface area (Å²) < 4.78 is 15.4. The second-order valence-corrected chi connectivity index (χ2v) is 7.43. The van der Waals surface area contributed by atoms with Gasteiger partial charge in [0.15, 0.2) is 23.9 Å². The summed E-state index contributed by atoms with van der Waals surface area (Å²) in [6.45, 7) is 5.93. The predicted molar refractivity (Wildman–Crippen MR) is 104 cm³/mol. The predicted octanol–water partition coefficient (Wildman–Crippen LogP) is 4.69. The van der Waals surface area contributed by atoms with Crippen molar-refractivity contribution in [1.82, 2.24) is 0 Å². The first-order chi connectivity index (χ1) is 12.7. The Bertz CT molecular complexity index is 835. The van der Waals surface area contributed by atoms with E-state index in [1.165, 1.54) is 26.4 Å². The van der Waals surface area contributed by atoms with E-state index in [1.807, 2.05) is 12.1 Å². The lowest BCUT2D eigenvalue weighted by Crippen LogP contribution is -2.15. The number of hydrogen-bond acceptors (Lipinski definition) is 5. The average Bonchev–Trinajstić information content (AvgIpc) is 2.64. The van der Waals surface area contributed by atoms with Crippen LogP contribution in [0.15, 0.2) is 36.4 Å². The molecule has 0 aliphatic heterocycles. The minimum atomic E-state index is -0.669. The van der Waals surface area contributed by atoms with Gasteiger partial charge in [0.1, 0.15) is 0 Å². The molecule has 0 aliphatic rings. The van der Waals surface area contributed by atoms with Crippen LogP contribution >= 0.6 is 11.6 Å². The standard InChI is InChI=1S/C21H23ClO5/c1-21(2,3)15-8-6-13(7-9-15)17(23)12-27-20(24)14-10-16(22)19(26-5)18(11-14)25-4/h6-11H,12H2,1-5H3. The molecule has 5 nitrogen and oxygen atoms in total. The van der Waals surface area contributed by atoms with Gasteiger partial charge in [0.25, 0.3) is 0 Å². The van der Waals surface area contributed by atoms with Gasteiger partial charge in [0.05, 0.1) is 24.8 Å². The SMILES string of the molecule is COc1cc(C(=O)OCC(=O)c2ccc(C(C)(C)C)cc2)cc(Cl)c1OC. The number of carbonyl (C=O) groups excluding carboxylic acids is 2. The Hall–Kier alpha value is -2.53. The highest BCUT2D eigenvalue weighted by molar-refractivity contribution is 6.32. The van der Waals surface area contributed by atoms with Crippen LogP contribution in [0.4, 0.5) is 0 Å². The van der Waals surface area contributed by atoms with Crippen molar-refractivity contribution in [1.29, 1.82) is 0 Å². The maximum atomic E-state index is 12.3. The molecule has 0 atom stereocenters. The van der Waals surface area contributed by atoms with E-state index < -0.39 is 5.97 Å². The monoisotopic (exact) mass is 390 g/mol. The van der Waals surface area contributed by atoms with Crippen LogP contribution in [0, 0.1) is 0 Å². The van der Waals surface area contributed by atoms with Gasteiger partial charge < -0.3 is 14.2 Å². The second-order valence-electron chi connectivity index (χ2n) is 7.02. The topological polar surface area (TPSA) is 61.8 Å². The van der Waals surface area contributed by atoms with Crippen molar-refractivity contribution in [2.75, 3.05) is 20.8 Å². The minimum absolute atomic E-state index is 0.000728. The smallest absolute Gasteiger partial charge is 0.338 e. The lowest BCUT2D eigenvalue weighted by atomic mass is 9.86. The molecule has 0 aromatic heterocycles. The van der Waals surface area contributed by atoms with Crippen LogP contribution in [0.5, 0.6) is 11.5 Å². The number of benzene rings is 2. The molecule has 0 unspecified atom stereocenters. The summed E-state index contributed by atoms with van der Waals surface area (Å²) in [4.78, 5) is 24.5. The Kier molecular flexibility index (Phi) is 6.50. The molecular weight excluding hydrogens is 368 g/mol. The number of ketones is 1. The molecule has 0 heterocycles. The van der Waals surface area contributed by atoms with Crippen LogP contribution in [0.2, 0.25) is 5.02 Å². The summed E-state index contributed by atoms with van der Waals surface area (Å²) >= 11 is 6.09. The molecule has 0 N–H and O–H groups in total. The van der Waals surface area contributed by atoms with Crippen LogP contribution in [-0.4, -0.2) is 32.6 Å². The average molecular weight is 391 g/mol. The summed E-state index contributed by atoms with van der Waals surface area (Å²) in [5, 5.41) is 0.216. The first-order valence-electron chi connectivity index (χ1n) is 8.39. The molecule has 6 heteroatoms. The van der Waals surface area contributed by atoms with E-state index in [9.17, 15) is 9.59 Å². The zero-order chi connectivity index (χ0) is 20.2. The number of hydrogen-bond donors (Lipinski definition) is 0. The lowest BCUT2D eigenvalue weighted by molar-refractivity contribution is 0.0474. The van der Waals surface area contributed by atoms with Gasteiger partial charge in [-0.3, -0.25) is 4.79 Å². The zero-order valence-corrected chi connectivity index (χ0v) is 16.8. The number of methoxy groups -OCH3 is 2. The normalized spacial score (nSPS) is 11.0. The van der Waals surface area contributed by atoms with Crippen LogP contribution in [-0.2, 0) is 10.2 Å². The molecule has 0 amide bonds. The van der Waals surface area contributed by atoms with Gasteiger partial charge in [-0.05, 0) is 23.1 Å². The molecule has 0 bridgehead atoms. The maximum Gasteiger partial charge on any atom is 0.338 e. The quantitative estimate of drug-likeness (QED) is 0.528. The van der Waals surface area contributed by atoms with Crippen LogP contribution in [0.3, 0.4) is 0 Å². The van der Waals surface area contributed by atoms with Crippen LogP contribution in [0.1, 0.15) is 47.1 Å². The Labute approximate surface area is 164 Å². The fourth-order valence-electron chi connectivity index (χ4n) is 2.49. The highest BCUT2D eigenvalue weighted by atomic mass is 35.5. The Morgan fingerprint density at radius 1 is 0.963 bits per heavy atom. The third-order valence-electron chi connectivity index (χ3n) is 4.08. The Morgan fingerprint density at radius 3 is 2.11 bits per heavy atom. The van der Waals surface area contributed by atoms with Gasteiger partial charge in [-0.2, -0.15) is 0 Å². The van der Waals surface area contributed by atoms with Crippen molar-refractivity contribution in [3.8, 4) is 11.5 Å². The highest BCUT2D eigenvalue weighted by Gasteiger charge is 2.18. The van der Waals surface area contributed by atoms with Gasteiger partial charge >= 0.3 is 5.97 Å². The summed E-state index contributed by atoms with van der Waals surface area (Å²) in [5.74, 6) is -0.320. The van der Waals surface area contributed by atoms with Crippen molar-refractivity contribution >= 4 is 23.4 Å². The number of ether oxygens (including phenoxy) is 3. The summed E-state index contributed by atoms with van der Waals surface area (Å²) in [6.07, 6.45) is 0. The maximum absolute atomic E-state index is 12.3. The fraction of sp³-hybridized carbons (Fsp3) is 0.333. The van der Waals surface area contributed by atoms with E-state index in [0.717, 1.165) is 5.56 Å². The van der Waals surface area contributed by atoms with E-state index >= 15 is 0 Å². The van der Waals surface area contributed by atoms with Crippen molar-refractivity contribution in [2.45, 2.75) is 26.2 Å². The van der Waals surface area contributed by atoms with E-state index in [1.54, 1.807) is 12.1 Å². The van der Waals surface area contributed by atoms with Crippen molar-refractivity contribution in [2.24, 2.45) is 0 Å². The van der Waals surface area contributed by atoms with E-state index in [-0.39, 0.29) is 28.4 Å². The van der Waals surface area contributed by atoms with Gasteiger partial charge in [-0.25, -0.2) is 4.79 Å². The molecule has 0 aliphatic carbocycles. The fourth-order valence-corrected chi connectivity index (χ4v) is 2.78. The second kappa shape index (κ2) is 8.44. The number of esters is 1. The molecule has 0 radical (unpaired) electrons. The molecule has 2 aromatic rings. The Balaban J connectivity index is 2.07. The van der Waals surface area contributed by atoms with Crippen molar-refractivity contribution < 1.29 is 23.8 Å². The van der Waals surface area contributed by atoms with Crippen molar-refractivity contribution in [3.63, 3.8) is 0 Å². The molecule has 2 aromatic carbocycles. The van der Waals surface area contributed by atoms with E-state index in [4.69, 9.17) is 25.8 Å². The number of halogens is 1. The van der Waals surface area contributed by atoms with Gasteiger partial charge in [-0.15, -0.1) is 0 Å². The first-order valence-corrected chi connectivity index (χ1v) is 8.77. The first kappa shape index (κ1) is 20.8. The number of carbonyl (C=O) groups is 2. The van der Waals surface area contributed by atoms with E-state index in [2.05, 4.69) is 20.8 Å². The molecule has 27 heavy (non-hydrogen) atoms. The molecular formula is C21H23ClO5. The van der Waals surface area contributed by atoms with Crippen LogP contribution in [0.25, 0.3) is 0 Å². The molecule has 2 rings (SSSR count). The molecule has 144 valence electrons. The number of rotatable bonds is 6. The lowest BCUT2D eigenvalue weighted by Gasteiger charge is -2.19. The third kappa shape index (κ3) is 5.01. The van der Waals surface area contributed by atoms with E-state index in [0.29, 0.717) is 17.1 Å². The highest BCUT2D eigenvalue weighted by Crippen LogP contribution is 2.36. The summed E-state index contributed by atoms with van der Waals surface area (Å²) in [6, 6.07) is 10.2. The van der Waals surface area contributed by atoms with Crippen LogP contribution < -0.4 is 9.47 Å². The Morgan fingerprint density at radius 2 is 1.59 bits per heavy atom. The molecule has 0 saturated carbocycles. The summed E-state index contributed by atoms with van der Waals surface area (Å²) in [7, 11) is 2.89. The third-order valence-corrected chi connectivity index (χ3v) is 4.36. The molecule has 0 saturated heterocycles. The van der Waals surface area contributed by atoms with Crippen molar-refractivity contribution in [3.05, 3.63) is 58.1 Å². The zero-order valence-electron chi connectivity index (χ0n) is 16.1. The van der Waals surface area contributed by atoms with Gasteiger partial charge in [0, 0.05) is 5.56 Å².